The fourth-order valence-electron chi connectivity index (χ4n) is 1.41. The monoisotopic (exact) mass is 238 g/mol. The van der Waals surface area contributed by atoms with Crippen LogP contribution in [0.15, 0.2) is 58.4 Å². The summed E-state index contributed by atoms with van der Waals surface area (Å²) in [6, 6.07) is 17.0. The van der Waals surface area contributed by atoms with E-state index >= 15 is 0 Å². The van der Waals surface area contributed by atoms with Crippen LogP contribution in [0.3, 0.4) is 0 Å². The van der Waals surface area contributed by atoms with E-state index in [4.69, 9.17) is 5.26 Å². The Balaban J connectivity index is 2.27. The maximum absolute atomic E-state index is 8.78. The molecule has 0 unspecified atom stereocenters. The Bertz CT molecular complexity index is 597. The maximum atomic E-state index is 8.78. The average Bonchev–Trinajstić information content (AvgIpc) is 2.38. The summed E-state index contributed by atoms with van der Waals surface area (Å²) in [5.74, 6) is 0. The predicted molar refractivity (Wildman–Crippen MR) is 72.1 cm³/mol. The smallest absolute Gasteiger partial charge is 0.0991 e. The summed E-state index contributed by atoms with van der Waals surface area (Å²) >= 11 is 4.32. The molecular formula is C14H10N2S. The molecule has 0 saturated heterocycles. The second-order valence-corrected chi connectivity index (χ2v) is 3.97. The van der Waals surface area contributed by atoms with E-state index in [1.165, 1.54) is 0 Å². The minimum atomic E-state index is 0.633. The molecule has 17 heavy (non-hydrogen) atoms. The Morgan fingerprint density at radius 1 is 1.12 bits per heavy atom. The van der Waals surface area contributed by atoms with Crippen molar-refractivity contribution in [1.29, 1.82) is 5.26 Å². The molecule has 0 aliphatic heterocycles. The number of para-hydroxylation sites is 1. The molecule has 0 spiro atoms. The van der Waals surface area contributed by atoms with Gasteiger partial charge < -0.3 is 0 Å². The summed E-state index contributed by atoms with van der Waals surface area (Å²) in [6.07, 6.45) is 1.73. The number of rotatable bonds is 2. The first-order chi connectivity index (χ1) is 8.29. The lowest BCUT2D eigenvalue weighted by molar-refractivity contribution is 1.39. The fraction of sp³-hybridized carbons (Fsp3) is 0. The SMILES string of the molecule is N#Cc1cccc(C=Nc2ccccc2S)c1. The van der Waals surface area contributed by atoms with Crippen LogP contribution in [0.2, 0.25) is 0 Å². The molecule has 0 aliphatic carbocycles. The molecule has 0 heterocycles. The highest BCUT2D eigenvalue weighted by atomic mass is 32.1. The minimum absolute atomic E-state index is 0.633. The van der Waals surface area contributed by atoms with Crippen LogP contribution in [0.5, 0.6) is 0 Å². The van der Waals surface area contributed by atoms with Gasteiger partial charge in [0, 0.05) is 11.1 Å². The first-order valence-electron chi connectivity index (χ1n) is 5.12. The Labute approximate surface area is 106 Å². The highest BCUT2D eigenvalue weighted by Crippen LogP contribution is 2.21. The topological polar surface area (TPSA) is 36.1 Å². The van der Waals surface area contributed by atoms with Crippen molar-refractivity contribution in [3.8, 4) is 6.07 Å². The lowest BCUT2D eigenvalue weighted by Gasteiger charge is -1.97. The molecule has 2 nitrogen and oxygen atoms in total. The molecule has 82 valence electrons. The Morgan fingerprint density at radius 3 is 2.71 bits per heavy atom. The third kappa shape index (κ3) is 2.96. The van der Waals surface area contributed by atoms with Crippen LogP contribution in [-0.2, 0) is 0 Å². The minimum Gasteiger partial charge on any atom is -0.255 e. The highest BCUT2D eigenvalue weighted by molar-refractivity contribution is 7.80. The van der Waals surface area contributed by atoms with Gasteiger partial charge in [0.05, 0.1) is 17.3 Å². The number of thiol groups is 1. The number of hydrogen-bond donors (Lipinski definition) is 1. The summed E-state index contributed by atoms with van der Waals surface area (Å²) in [7, 11) is 0. The van der Waals surface area contributed by atoms with Gasteiger partial charge in [-0.05, 0) is 29.8 Å². The number of nitrogens with zero attached hydrogens (tertiary/aromatic N) is 2. The van der Waals surface area contributed by atoms with Gasteiger partial charge in [0.2, 0.25) is 0 Å². The summed E-state index contributed by atoms with van der Waals surface area (Å²) < 4.78 is 0. The molecule has 0 aromatic heterocycles. The van der Waals surface area contributed by atoms with Gasteiger partial charge in [-0.3, -0.25) is 4.99 Å². The van der Waals surface area contributed by atoms with Gasteiger partial charge in [0.25, 0.3) is 0 Å². The molecule has 2 rings (SSSR count). The van der Waals surface area contributed by atoms with Crippen LogP contribution in [0, 0.1) is 11.3 Å². The number of aliphatic imine (C=N–C) groups is 1. The third-order valence-electron chi connectivity index (χ3n) is 2.25. The van der Waals surface area contributed by atoms with Crippen molar-refractivity contribution >= 4 is 24.5 Å². The molecule has 0 N–H and O–H groups in total. The molecule has 0 bridgehead atoms. The van der Waals surface area contributed by atoms with Gasteiger partial charge >= 0.3 is 0 Å². The van der Waals surface area contributed by atoms with Crippen LogP contribution < -0.4 is 0 Å². The highest BCUT2D eigenvalue weighted by Gasteiger charge is 1.94. The van der Waals surface area contributed by atoms with Crippen LogP contribution in [-0.4, -0.2) is 6.21 Å². The molecule has 0 atom stereocenters. The van der Waals surface area contributed by atoms with Crippen molar-refractivity contribution in [2.24, 2.45) is 4.99 Å². The van der Waals surface area contributed by atoms with Gasteiger partial charge in [0.15, 0.2) is 0 Å². The largest absolute Gasteiger partial charge is 0.255 e. The normalized spacial score (nSPS) is 10.4. The van der Waals surface area contributed by atoms with E-state index < -0.39 is 0 Å². The van der Waals surface area contributed by atoms with Crippen LogP contribution >= 0.6 is 12.6 Å². The molecule has 0 saturated carbocycles. The Hall–Kier alpha value is -2.05. The van der Waals surface area contributed by atoms with Crippen molar-refractivity contribution in [2.75, 3.05) is 0 Å². The maximum Gasteiger partial charge on any atom is 0.0991 e. The van der Waals surface area contributed by atoms with E-state index in [9.17, 15) is 0 Å². The third-order valence-corrected chi connectivity index (χ3v) is 2.63. The van der Waals surface area contributed by atoms with Gasteiger partial charge in [-0.1, -0.05) is 24.3 Å². The lowest BCUT2D eigenvalue weighted by Crippen LogP contribution is -1.82. The predicted octanol–water partition coefficient (Wildman–Crippen LogP) is 3.60. The zero-order chi connectivity index (χ0) is 12.1. The average molecular weight is 238 g/mol. The van der Waals surface area contributed by atoms with Crippen molar-refractivity contribution in [2.45, 2.75) is 4.90 Å². The van der Waals surface area contributed by atoms with E-state index in [2.05, 4.69) is 23.7 Å². The zero-order valence-corrected chi connectivity index (χ0v) is 9.93. The summed E-state index contributed by atoms with van der Waals surface area (Å²) in [5, 5.41) is 8.78. The van der Waals surface area contributed by atoms with Gasteiger partial charge in [-0.15, -0.1) is 12.6 Å². The second-order valence-electron chi connectivity index (χ2n) is 3.48. The fourth-order valence-corrected chi connectivity index (χ4v) is 1.62. The van der Waals surface area contributed by atoms with E-state index in [1.807, 2.05) is 36.4 Å². The number of hydrogen-bond acceptors (Lipinski definition) is 3. The van der Waals surface area contributed by atoms with E-state index in [1.54, 1.807) is 18.3 Å². The van der Waals surface area contributed by atoms with E-state index in [0.29, 0.717) is 5.56 Å². The molecule has 2 aromatic carbocycles. The molecule has 0 amide bonds. The molecule has 2 aromatic rings. The number of benzene rings is 2. The number of nitriles is 1. The molecular weight excluding hydrogens is 228 g/mol. The summed E-state index contributed by atoms with van der Waals surface area (Å²) in [4.78, 5) is 5.17. The van der Waals surface area contributed by atoms with Gasteiger partial charge in [-0.2, -0.15) is 5.26 Å². The van der Waals surface area contributed by atoms with Crippen molar-refractivity contribution in [3.63, 3.8) is 0 Å². The zero-order valence-electron chi connectivity index (χ0n) is 9.04. The van der Waals surface area contributed by atoms with Gasteiger partial charge in [-0.25, -0.2) is 0 Å². The molecule has 3 heteroatoms. The van der Waals surface area contributed by atoms with Gasteiger partial charge in [0.1, 0.15) is 0 Å². The van der Waals surface area contributed by atoms with E-state index in [0.717, 1.165) is 16.1 Å². The quantitative estimate of drug-likeness (QED) is 0.630. The van der Waals surface area contributed by atoms with Crippen LogP contribution in [0.4, 0.5) is 5.69 Å². The Morgan fingerprint density at radius 2 is 1.94 bits per heavy atom. The standard InChI is InChI=1S/C14H10N2S/c15-9-11-4-3-5-12(8-11)10-16-13-6-1-2-7-14(13)17/h1-8,10,17H. The van der Waals surface area contributed by atoms with Crippen molar-refractivity contribution in [3.05, 3.63) is 59.7 Å². The van der Waals surface area contributed by atoms with Crippen LogP contribution in [0.25, 0.3) is 0 Å². The molecule has 0 radical (unpaired) electrons. The first kappa shape index (κ1) is 11.4. The molecule has 0 aliphatic rings. The lowest BCUT2D eigenvalue weighted by atomic mass is 10.1. The van der Waals surface area contributed by atoms with Crippen molar-refractivity contribution < 1.29 is 0 Å². The Kier molecular flexibility index (Phi) is 3.59. The molecule has 0 fully saturated rings. The second kappa shape index (κ2) is 5.33. The first-order valence-corrected chi connectivity index (χ1v) is 5.56. The van der Waals surface area contributed by atoms with E-state index in [-0.39, 0.29) is 0 Å². The summed E-state index contributed by atoms with van der Waals surface area (Å²) in [6.45, 7) is 0. The van der Waals surface area contributed by atoms with Crippen LogP contribution in [0.1, 0.15) is 11.1 Å². The summed E-state index contributed by atoms with van der Waals surface area (Å²) in [5.41, 5.74) is 2.35. The van der Waals surface area contributed by atoms with Crippen molar-refractivity contribution in [1.82, 2.24) is 0 Å².